The minimum absolute atomic E-state index is 0.248. The third-order valence-corrected chi connectivity index (χ3v) is 2.82. The van der Waals surface area contributed by atoms with Crippen molar-refractivity contribution in [1.82, 2.24) is 5.32 Å². The molecule has 3 nitrogen and oxygen atoms in total. The summed E-state index contributed by atoms with van der Waals surface area (Å²) in [4.78, 5) is 11.6. The zero-order valence-corrected chi connectivity index (χ0v) is 11.5. The number of nitrogens with one attached hydrogen (secondary N) is 2. The molecule has 6 heteroatoms. The number of halogens is 3. The van der Waals surface area contributed by atoms with E-state index in [9.17, 15) is 18.0 Å². The summed E-state index contributed by atoms with van der Waals surface area (Å²) in [5.41, 5.74) is -0.225. The number of carbonyl (C=O) groups excluding carboxylic acids is 1. The summed E-state index contributed by atoms with van der Waals surface area (Å²) in [6.45, 7) is 5.73. The van der Waals surface area contributed by atoms with Gasteiger partial charge in [0.15, 0.2) is 0 Å². The number of rotatable bonds is 3. The lowest BCUT2D eigenvalue weighted by Gasteiger charge is -2.13. The number of urea groups is 1. The number of hydrogen-bond donors (Lipinski definition) is 2. The van der Waals surface area contributed by atoms with Gasteiger partial charge < -0.3 is 10.6 Å². The van der Waals surface area contributed by atoms with E-state index >= 15 is 0 Å². The molecule has 0 spiro atoms. The van der Waals surface area contributed by atoms with Crippen molar-refractivity contribution in [1.29, 1.82) is 0 Å². The van der Waals surface area contributed by atoms with Gasteiger partial charge in [-0.05, 0) is 25.0 Å². The summed E-state index contributed by atoms with van der Waals surface area (Å²) in [6, 6.07) is 4.13. The second-order valence-electron chi connectivity index (χ2n) is 4.68. The monoisotopic (exact) mass is 286 g/mol. The number of amides is 2. The van der Waals surface area contributed by atoms with Crippen molar-refractivity contribution < 1.29 is 18.0 Å². The first-order valence-electron chi connectivity index (χ1n) is 6.12. The predicted octanol–water partition coefficient (Wildman–Crippen LogP) is 4.39. The van der Waals surface area contributed by atoms with E-state index in [-0.39, 0.29) is 11.6 Å². The molecule has 0 atom stereocenters. The molecular formula is C14H17F3N2O. The van der Waals surface area contributed by atoms with Gasteiger partial charge in [0.25, 0.3) is 0 Å². The Bertz CT molecular complexity index is 507. The molecule has 0 unspecified atom stereocenters. The normalized spacial score (nSPS) is 12.4. The Balaban J connectivity index is 2.80. The Morgan fingerprint density at radius 2 is 1.85 bits per heavy atom. The number of carbonyl (C=O) groups is 1. The minimum atomic E-state index is -4.51. The molecule has 0 radical (unpaired) electrons. The van der Waals surface area contributed by atoms with Crippen LogP contribution in [0.15, 0.2) is 36.0 Å². The molecule has 1 aromatic rings. The zero-order valence-electron chi connectivity index (χ0n) is 11.5. The quantitative estimate of drug-likeness (QED) is 0.850. The number of para-hydroxylation sites is 1. The molecule has 1 rings (SSSR count). The van der Waals surface area contributed by atoms with E-state index in [2.05, 4.69) is 10.6 Å². The van der Waals surface area contributed by atoms with E-state index in [0.717, 1.165) is 11.6 Å². The molecule has 0 fully saturated rings. The van der Waals surface area contributed by atoms with Crippen LogP contribution in [-0.2, 0) is 6.18 Å². The summed E-state index contributed by atoms with van der Waals surface area (Å²) >= 11 is 0. The second kappa shape index (κ2) is 6.45. The van der Waals surface area contributed by atoms with E-state index in [0.29, 0.717) is 0 Å². The maximum atomic E-state index is 12.7. The van der Waals surface area contributed by atoms with Gasteiger partial charge in [-0.25, -0.2) is 4.79 Å². The van der Waals surface area contributed by atoms with Crippen LogP contribution in [0.4, 0.5) is 23.7 Å². The maximum absolute atomic E-state index is 12.7. The van der Waals surface area contributed by atoms with Crippen molar-refractivity contribution in [3.63, 3.8) is 0 Å². The lowest BCUT2D eigenvalue weighted by Crippen LogP contribution is -2.26. The fraction of sp³-hybridized carbons (Fsp3) is 0.357. The molecule has 20 heavy (non-hydrogen) atoms. The van der Waals surface area contributed by atoms with E-state index in [1.54, 1.807) is 0 Å². The van der Waals surface area contributed by atoms with Crippen molar-refractivity contribution >= 4 is 11.7 Å². The Labute approximate surface area is 115 Å². The fourth-order valence-electron chi connectivity index (χ4n) is 1.34. The molecule has 2 amide bonds. The van der Waals surface area contributed by atoms with E-state index in [4.69, 9.17) is 0 Å². The molecule has 0 saturated carbocycles. The van der Waals surface area contributed by atoms with Crippen molar-refractivity contribution in [3.05, 3.63) is 41.6 Å². The molecule has 0 heterocycles. The first kappa shape index (κ1) is 16.1. The molecule has 0 aromatic heterocycles. The molecule has 0 saturated heterocycles. The van der Waals surface area contributed by atoms with Gasteiger partial charge in [0.05, 0.1) is 11.3 Å². The first-order chi connectivity index (χ1) is 9.21. The fourth-order valence-corrected chi connectivity index (χ4v) is 1.34. The van der Waals surface area contributed by atoms with Crippen LogP contribution in [0, 0.1) is 5.92 Å². The van der Waals surface area contributed by atoms with E-state index in [1.807, 2.05) is 20.8 Å². The lowest BCUT2D eigenvalue weighted by molar-refractivity contribution is -0.136. The number of alkyl halides is 3. The van der Waals surface area contributed by atoms with Crippen LogP contribution < -0.4 is 10.6 Å². The number of benzene rings is 1. The topological polar surface area (TPSA) is 41.1 Å². The van der Waals surface area contributed by atoms with Crippen LogP contribution in [0.25, 0.3) is 0 Å². The first-order valence-corrected chi connectivity index (χ1v) is 6.12. The van der Waals surface area contributed by atoms with Gasteiger partial charge >= 0.3 is 12.2 Å². The Hall–Kier alpha value is -1.98. The van der Waals surface area contributed by atoms with Gasteiger partial charge in [-0.2, -0.15) is 13.2 Å². The highest BCUT2D eigenvalue weighted by molar-refractivity contribution is 5.90. The molecule has 110 valence electrons. The van der Waals surface area contributed by atoms with Crippen LogP contribution >= 0.6 is 0 Å². The van der Waals surface area contributed by atoms with Crippen LogP contribution in [0.3, 0.4) is 0 Å². The van der Waals surface area contributed by atoms with Crippen molar-refractivity contribution in [2.24, 2.45) is 5.92 Å². The molecule has 0 aliphatic carbocycles. The molecule has 0 aliphatic rings. The Kier molecular flexibility index (Phi) is 5.19. The van der Waals surface area contributed by atoms with Gasteiger partial charge in [-0.1, -0.05) is 31.6 Å². The number of allylic oxidation sites excluding steroid dienone is 1. The highest BCUT2D eigenvalue weighted by Crippen LogP contribution is 2.34. The summed E-state index contributed by atoms with van der Waals surface area (Å²) in [6.07, 6.45) is -3.02. The van der Waals surface area contributed by atoms with Crippen molar-refractivity contribution in [2.45, 2.75) is 26.9 Å². The van der Waals surface area contributed by atoms with Gasteiger partial charge in [0.1, 0.15) is 0 Å². The zero-order chi connectivity index (χ0) is 15.3. The van der Waals surface area contributed by atoms with Gasteiger partial charge in [-0.3, -0.25) is 0 Å². The van der Waals surface area contributed by atoms with Gasteiger partial charge in [-0.15, -0.1) is 0 Å². The van der Waals surface area contributed by atoms with Crippen molar-refractivity contribution in [2.75, 3.05) is 5.32 Å². The average molecular weight is 286 g/mol. The highest BCUT2D eigenvalue weighted by atomic mass is 19.4. The van der Waals surface area contributed by atoms with E-state index < -0.39 is 17.8 Å². The summed E-state index contributed by atoms with van der Waals surface area (Å²) in [5, 5.41) is 4.61. The third-order valence-electron chi connectivity index (χ3n) is 2.82. The van der Waals surface area contributed by atoms with Gasteiger partial charge in [0.2, 0.25) is 0 Å². The molecule has 0 bridgehead atoms. The maximum Gasteiger partial charge on any atom is 0.418 e. The minimum Gasteiger partial charge on any atom is -0.314 e. The largest absolute Gasteiger partial charge is 0.418 e. The van der Waals surface area contributed by atoms with Crippen LogP contribution in [0.1, 0.15) is 26.3 Å². The molecule has 2 N–H and O–H groups in total. The smallest absolute Gasteiger partial charge is 0.314 e. The number of anilines is 1. The predicted molar refractivity (Wildman–Crippen MR) is 72.2 cm³/mol. The van der Waals surface area contributed by atoms with Gasteiger partial charge in [0, 0.05) is 6.20 Å². The molecule has 1 aromatic carbocycles. The average Bonchev–Trinajstić information content (AvgIpc) is 2.35. The SMILES string of the molecule is C/C(=C\NC(=O)Nc1ccccc1C(F)(F)F)C(C)C. The standard InChI is InChI=1S/C14H17F3N2O/c1-9(2)10(3)8-18-13(20)19-12-7-5-4-6-11(12)14(15,16)17/h4-9H,1-3H3,(H2,18,19,20)/b10-8+. The van der Waals surface area contributed by atoms with Crippen LogP contribution in [-0.4, -0.2) is 6.03 Å². The second-order valence-corrected chi connectivity index (χ2v) is 4.68. The lowest BCUT2D eigenvalue weighted by atomic mass is 10.1. The Morgan fingerprint density at radius 3 is 2.40 bits per heavy atom. The Morgan fingerprint density at radius 1 is 1.25 bits per heavy atom. The molecular weight excluding hydrogens is 269 g/mol. The van der Waals surface area contributed by atoms with Crippen LogP contribution in [0.2, 0.25) is 0 Å². The summed E-state index contributed by atoms with van der Waals surface area (Å²) in [5.74, 6) is 0.248. The van der Waals surface area contributed by atoms with E-state index in [1.165, 1.54) is 24.4 Å². The third kappa shape index (κ3) is 4.60. The molecule has 0 aliphatic heterocycles. The summed E-state index contributed by atoms with van der Waals surface area (Å²) in [7, 11) is 0. The summed E-state index contributed by atoms with van der Waals surface area (Å²) < 4.78 is 38.2. The number of hydrogen-bond acceptors (Lipinski definition) is 1. The van der Waals surface area contributed by atoms with Crippen molar-refractivity contribution in [3.8, 4) is 0 Å². The van der Waals surface area contributed by atoms with Crippen LogP contribution in [0.5, 0.6) is 0 Å². The highest BCUT2D eigenvalue weighted by Gasteiger charge is 2.33.